The van der Waals surface area contributed by atoms with Crippen molar-refractivity contribution >= 4 is 11.6 Å². The molecule has 1 aromatic rings. The number of ether oxygens (including phenoxy) is 1. The number of rotatable bonds is 5. The summed E-state index contributed by atoms with van der Waals surface area (Å²) in [5.74, 6) is 1.62. The van der Waals surface area contributed by atoms with Gasteiger partial charge in [0.25, 0.3) is 0 Å². The molecule has 2 N–H and O–H groups in total. The fourth-order valence-electron chi connectivity index (χ4n) is 1.83. The zero-order valence-electron chi connectivity index (χ0n) is 10.2. The maximum atomic E-state index is 9.12. The summed E-state index contributed by atoms with van der Waals surface area (Å²) >= 11 is 0. The molecule has 1 aliphatic heterocycles. The van der Waals surface area contributed by atoms with E-state index in [1.54, 1.807) is 6.08 Å². The number of aliphatic hydroxyl groups excluding tert-OH is 1. The van der Waals surface area contributed by atoms with Crippen molar-refractivity contribution in [3.8, 4) is 0 Å². The van der Waals surface area contributed by atoms with Crippen LogP contribution >= 0.6 is 0 Å². The smallest absolute Gasteiger partial charge is 0.134 e. The highest BCUT2D eigenvalue weighted by Gasteiger charge is 2.20. The number of aliphatic hydroxyl groups is 1. The highest BCUT2D eigenvalue weighted by Crippen LogP contribution is 2.17. The Hall–Kier alpha value is -1.66. The average Bonchev–Trinajstić information content (AvgIpc) is 2.45. The van der Waals surface area contributed by atoms with Crippen LogP contribution in [-0.4, -0.2) is 54.0 Å². The number of hydrogen-bond acceptors (Lipinski definition) is 6. The van der Waals surface area contributed by atoms with Gasteiger partial charge in [-0.25, -0.2) is 9.97 Å². The van der Waals surface area contributed by atoms with Gasteiger partial charge in [-0.1, -0.05) is 6.08 Å². The van der Waals surface area contributed by atoms with E-state index in [1.165, 1.54) is 6.33 Å². The fourth-order valence-corrected chi connectivity index (χ4v) is 1.83. The molecule has 1 saturated heterocycles. The highest BCUT2D eigenvalue weighted by molar-refractivity contribution is 5.49. The molecule has 2 heterocycles. The lowest BCUT2D eigenvalue weighted by molar-refractivity contribution is 0.00336. The van der Waals surface area contributed by atoms with Crippen LogP contribution < -0.4 is 10.2 Å². The Labute approximate surface area is 106 Å². The van der Waals surface area contributed by atoms with E-state index < -0.39 is 0 Å². The summed E-state index contributed by atoms with van der Waals surface area (Å²) in [6.45, 7) is 6.37. The first-order chi connectivity index (χ1) is 8.83. The molecule has 6 heteroatoms. The molecule has 98 valence electrons. The van der Waals surface area contributed by atoms with Gasteiger partial charge in [0, 0.05) is 25.7 Å². The summed E-state index contributed by atoms with van der Waals surface area (Å²) in [5.41, 5.74) is 0. The largest absolute Gasteiger partial charge is 0.394 e. The third-order valence-electron chi connectivity index (χ3n) is 2.75. The number of morpholine rings is 1. The minimum absolute atomic E-state index is 0.0309. The van der Waals surface area contributed by atoms with Gasteiger partial charge in [0.2, 0.25) is 0 Å². The number of hydrogen-bond donors (Lipinski definition) is 2. The molecular weight excluding hydrogens is 232 g/mol. The Morgan fingerprint density at radius 2 is 2.50 bits per heavy atom. The standard InChI is InChI=1S/C12H18N4O2/c1-2-3-13-11-6-12(15-9-14-11)16-4-5-18-10(7-16)8-17/h2,6,9-10,17H,1,3-5,7-8H2,(H,13,14,15). The van der Waals surface area contributed by atoms with Crippen LogP contribution in [-0.2, 0) is 4.74 Å². The van der Waals surface area contributed by atoms with Gasteiger partial charge in [-0.3, -0.25) is 0 Å². The third-order valence-corrected chi connectivity index (χ3v) is 2.75. The van der Waals surface area contributed by atoms with Gasteiger partial charge in [0.05, 0.1) is 19.3 Å². The molecule has 0 bridgehead atoms. The highest BCUT2D eigenvalue weighted by atomic mass is 16.5. The summed E-state index contributed by atoms with van der Waals surface area (Å²) in [6.07, 6.45) is 3.17. The molecule has 18 heavy (non-hydrogen) atoms. The molecule has 2 rings (SSSR count). The molecule has 6 nitrogen and oxygen atoms in total. The van der Waals surface area contributed by atoms with E-state index in [4.69, 9.17) is 9.84 Å². The van der Waals surface area contributed by atoms with Crippen molar-refractivity contribution in [2.45, 2.75) is 6.10 Å². The first kappa shape index (κ1) is 12.8. The van der Waals surface area contributed by atoms with Crippen LogP contribution in [0.3, 0.4) is 0 Å². The molecule has 1 fully saturated rings. The van der Waals surface area contributed by atoms with Gasteiger partial charge < -0.3 is 20.1 Å². The van der Waals surface area contributed by atoms with Crippen LogP contribution in [0.5, 0.6) is 0 Å². The predicted octanol–water partition coefficient (Wildman–Crippen LogP) is 0.272. The second-order valence-corrected chi connectivity index (χ2v) is 4.05. The van der Waals surface area contributed by atoms with E-state index in [-0.39, 0.29) is 12.7 Å². The molecule has 1 aliphatic rings. The molecular formula is C12H18N4O2. The van der Waals surface area contributed by atoms with Crippen LogP contribution in [0, 0.1) is 0 Å². The van der Waals surface area contributed by atoms with Crippen LogP contribution in [0.4, 0.5) is 11.6 Å². The summed E-state index contributed by atoms with van der Waals surface area (Å²) < 4.78 is 5.41. The van der Waals surface area contributed by atoms with Crippen LogP contribution in [0.2, 0.25) is 0 Å². The van der Waals surface area contributed by atoms with Gasteiger partial charge >= 0.3 is 0 Å². The number of nitrogens with zero attached hydrogens (tertiary/aromatic N) is 3. The van der Waals surface area contributed by atoms with Crippen LogP contribution in [0.1, 0.15) is 0 Å². The lowest BCUT2D eigenvalue weighted by atomic mass is 10.3. The molecule has 0 radical (unpaired) electrons. The minimum atomic E-state index is -0.140. The minimum Gasteiger partial charge on any atom is -0.394 e. The molecule has 0 spiro atoms. The maximum Gasteiger partial charge on any atom is 0.134 e. The molecule has 1 aromatic heterocycles. The van der Waals surface area contributed by atoms with Crippen molar-refractivity contribution < 1.29 is 9.84 Å². The van der Waals surface area contributed by atoms with E-state index in [0.717, 1.165) is 18.2 Å². The third kappa shape index (κ3) is 3.18. The van der Waals surface area contributed by atoms with Gasteiger partial charge in [0.1, 0.15) is 18.0 Å². The molecule has 0 aliphatic carbocycles. The Bertz CT molecular complexity index is 399. The SMILES string of the molecule is C=CCNc1cc(N2CCOC(CO)C2)ncn1. The van der Waals surface area contributed by atoms with Crippen LogP contribution in [0.15, 0.2) is 25.0 Å². The average molecular weight is 250 g/mol. The van der Waals surface area contributed by atoms with Crippen LogP contribution in [0.25, 0.3) is 0 Å². The van der Waals surface area contributed by atoms with Crippen molar-refractivity contribution in [2.24, 2.45) is 0 Å². The molecule has 0 saturated carbocycles. The second-order valence-electron chi connectivity index (χ2n) is 4.05. The number of aromatic nitrogens is 2. The first-order valence-electron chi connectivity index (χ1n) is 5.97. The Morgan fingerprint density at radius 1 is 1.61 bits per heavy atom. The van der Waals surface area contributed by atoms with Gasteiger partial charge in [0.15, 0.2) is 0 Å². The lowest BCUT2D eigenvalue weighted by Gasteiger charge is -2.32. The zero-order valence-corrected chi connectivity index (χ0v) is 10.2. The van der Waals surface area contributed by atoms with Crippen molar-refractivity contribution in [3.63, 3.8) is 0 Å². The zero-order chi connectivity index (χ0) is 12.8. The van der Waals surface area contributed by atoms with E-state index in [1.807, 2.05) is 6.07 Å². The van der Waals surface area contributed by atoms with E-state index >= 15 is 0 Å². The summed E-state index contributed by atoms with van der Waals surface area (Å²) in [5, 5.41) is 12.2. The summed E-state index contributed by atoms with van der Waals surface area (Å²) in [7, 11) is 0. The van der Waals surface area contributed by atoms with Crippen molar-refractivity contribution in [2.75, 3.05) is 43.1 Å². The normalized spacial score (nSPS) is 19.6. The second kappa shape index (κ2) is 6.32. The van der Waals surface area contributed by atoms with Gasteiger partial charge in [-0.2, -0.15) is 0 Å². The van der Waals surface area contributed by atoms with E-state index in [9.17, 15) is 0 Å². The Morgan fingerprint density at radius 3 is 3.28 bits per heavy atom. The van der Waals surface area contributed by atoms with Crippen molar-refractivity contribution in [1.29, 1.82) is 0 Å². The first-order valence-corrected chi connectivity index (χ1v) is 5.97. The van der Waals surface area contributed by atoms with Crippen molar-refractivity contribution in [1.82, 2.24) is 9.97 Å². The lowest BCUT2D eigenvalue weighted by Crippen LogP contribution is -2.44. The topological polar surface area (TPSA) is 70.5 Å². The Kier molecular flexibility index (Phi) is 4.49. The maximum absolute atomic E-state index is 9.12. The summed E-state index contributed by atoms with van der Waals surface area (Å²) in [6, 6.07) is 1.89. The monoisotopic (exact) mass is 250 g/mol. The van der Waals surface area contributed by atoms with Crippen molar-refractivity contribution in [3.05, 3.63) is 25.0 Å². The fraction of sp³-hybridized carbons (Fsp3) is 0.500. The molecule has 0 amide bonds. The predicted molar refractivity (Wildman–Crippen MR) is 69.8 cm³/mol. The summed E-state index contributed by atoms with van der Waals surface area (Å²) in [4.78, 5) is 10.5. The molecule has 1 unspecified atom stereocenters. The number of nitrogens with one attached hydrogen (secondary N) is 1. The molecule has 1 atom stereocenters. The van der Waals surface area contributed by atoms with Gasteiger partial charge in [-0.15, -0.1) is 6.58 Å². The number of anilines is 2. The van der Waals surface area contributed by atoms with E-state index in [0.29, 0.717) is 19.7 Å². The Balaban J connectivity index is 2.05. The van der Waals surface area contributed by atoms with E-state index in [2.05, 4.69) is 26.8 Å². The molecule has 0 aromatic carbocycles. The van der Waals surface area contributed by atoms with Gasteiger partial charge in [-0.05, 0) is 0 Å². The quantitative estimate of drug-likeness (QED) is 0.731.